The predicted octanol–water partition coefficient (Wildman–Crippen LogP) is 3.23. The van der Waals surface area contributed by atoms with Crippen molar-refractivity contribution in [2.45, 2.75) is 43.5 Å². The first kappa shape index (κ1) is 13.1. The van der Waals surface area contributed by atoms with Gasteiger partial charge in [0.2, 0.25) is 0 Å². The molecule has 0 radical (unpaired) electrons. The van der Waals surface area contributed by atoms with E-state index < -0.39 is 0 Å². The maximum Gasteiger partial charge on any atom is 2.00 e. The van der Waals surface area contributed by atoms with Crippen LogP contribution in [0.25, 0.3) is 0 Å². The van der Waals surface area contributed by atoms with Gasteiger partial charge in [-0.15, -0.1) is 0 Å². The molecule has 0 amide bonds. The van der Waals surface area contributed by atoms with Crippen molar-refractivity contribution in [3.05, 3.63) is 0 Å². The van der Waals surface area contributed by atoms with Crippen molar-refractivity contribution < 1.29 is 2.85 Å². The molecule has 0 aliphatic rings. The number of rotatable bonds is 3. The maximum absolute atomic E-state index is 2.57. The topological polar surface area (TPSA) is 0 Å². The van der Waals surface area contributed by atoms with E-state index in [-0.39, 0.29) is 25.9 Å². The van der Waals surface area contributed by atoms with Crippen molar-refractivity contribution in [3.63, 3.8) is 0 Å². The second-order valence-corrected chi connectivity index (χ2v) is 4.50. The summed E-state index contributed by atoms with van der Waals surface area (Å²) in [5.74, 6) is 0. The third-order valence-corrected chi connectivity index (χ3v) is 4.19. The number of hydrogen-bond acceptors (Lipinski definition) is 0. The Labute approximate surface area is 91.4 Å². The van der Waals surface area contributed by atoms with Crippen molar-refractivity contribution in [2.24, 2.45) is 0 Å². The quantitative estimate of drug-likeness (QED) is 0.411. The van der Waals surface area contributed by atoms with Gasteiger partial charge in [-0.05, 0) is 19.3 Å². The van der Waals surface area contributed by atoms with Gasteiger partial charge in [0.1, 0.15) is 0 Å². The molecule has 0 aliphatic heterocycles. The van der Waals surface area contributed by atoms with Gasteiger partial charge in [0, 0.05) is 3.42 Å². The average molecular weight is 252 g/mol. The molecule has 2 heteroatoms. The van der Waals surface area contributed by atoms with Gasteiger partial charge in [0.25, 0.3) is 0 Å². The molecule has 0 spiro atoms. The Hall–Kier alpha value is 1.50. The molecule has 0 unspecified atom stereocenters. The normalized spacial score (nSPS) is 10.7. The summed E-state index contributed by atoms with van der Waals surface area (Å²) in [4.78, 5) is 0. The molecular weight excluding hydrogens is 235 g/mol. The maximum atomic E-state index is 2.57. The largest absolute Gasteiger partial charge is 2.00 e. The standard InChI is InChI=1S/C7H15I.Mg.2H/c1-4-7(8,5-2)6-3;;;/h4-6H2,1-3H3;;;/q;+2;2*-1. The molecule has 0 heterocycles. The number of alkyl halides is 1. The van der Waals surface area contributed by atoms with Crippen LogP contribution >= 0.6 is 22.6 Å². The van der Waals surface area contributed by atoms with E-state index in [1.807, 2.05) is 0 Å². The summed E-state index contributed by atoms with van der Waals surface area (Å²) in [5, 5.41) is 0. The summed E-state index contributed by atoms with van der Waals surface area (Å²) in [7, 11) is 0. The van der Waals surface area contributed by atoms with Crippen LogP contribution in [0.1, 0.15) is 42.9 Å². The Morgan fingerprint density at radius 1 is 1.11 bits per heavy atom. The third kappa shape index (κ3) is 4.84. The third-order valence-electron chi connectivity index (χ3n) is 1.90. The molecule has 0 aliphatic carbocycles. The first-order valence-electron chi connectivity index (χ1n) is 3.37. The zero-order chi connectivity index (χ0) is 6.62. The van der Waals surface area contributed by atoms with Crippen LogP contribution in [-0.2, 0) is 0 Å². The Morgan fingerprint density at radius 2 is 1.33 bits per heavy atom. The minimum absolute atomic E-state index is 0. The molecule has 0 rings (SSSR count). The van der Waals surface area contributed by atoms with Crippen molar-refractivity contribution in [1.29, 1.82) is 0 Å². The summed E-state index contributed by atoms with van der Waals surface area (Å²) in [6.45, 7) is 6.79. The molecule has 0 saturated heterocycles. The minimum atomic E-state index is 0. The Balaban J connectivity index is -0.0000000817. The molecular formula is C7H17IMg. The van der Waals surface area contributed by atoms with E-state index in [2.05, 4.69) is 43.4 Å². The van der Waals surface area contributed by atoms with Crippen molar-refractivity contribution >= 4 is 45.6 Å². The van der Waals surface area contributed by atoms with E-state index in [1.54, 1.807) is 0 Å². The Morgan fingerprint density at radius 3 is 1.33 bits per heavy atom. The smallest absolute Gasteiger partial charge is 1.00 e. The van der Waals surface area contributed by atoms with Crippen molar-refractivity contribution in [1.82, 2.24) is 0 Å². The van der Waals surface area contributed by atoms with Gasteiger partial charge in [-0.1, -0.05) is 43.4 Å². The van der Waals surface area contributed by atoms with Gasteiger partial charge >= 0.3 is 23.1 Å². The summed E-state index contributed by atoms with van der Waals surface area (Å²) in [6.07, 6.45) is 3.92. The molecule has 54 valence electrons. The van der Waals surface area contributed by atoms with E-state index in [0.717, 1.165) is 0 Å². The molecule has 0 nitrogen and oxygen atoms in total. The van der Waals surface area contributed by atoms with Gasteiger partial charge in [0.05, 0.1) is 0 Å². The summed E-state index contributed by atoms with van der Waals surface area (Å²) in [5.41, 5.74) is 0. The summed E-state index contributed by atoms with van der Waals surface area (Å²) >= 11 is 2.57. The van der Waals surface area contributed by atoms with Crippen LogP contribution in [0.2, 0.25) is 0 Å². The number of hydrogen-bond donors (Lipinski definition) is 0. The van der Waals surface area contributed by atoms with Gasteiger partial charge in [-0.3, -0.25) is 0 Å². The molecule has 0 atom stereocenters. The van der Waals surface area contributed by atoms with Crippen molar-refractivity contribution in [2.75, 3.05) is 0 Å². The second kappa shape index (κ2) is 6.22. The fourth-order valence-corrected chi connectivity index (χ4v) is 0.750. The fourth-order valence-electron chi connectivity index (χ4n) is 0.750. The van der Waals surface area contributed by atoms with Crippen LogP contribution in [0.15, 0.2) is 0 Å². The average Bonchev–Trinajstić information content (AvgIpc) is 1.87. The van der Waals surface area contributed by atoms with Gasteiger partial charge in [-0.2, -0.15) is 0 Å². The fraction of sp³-hybridized carbons (Fsp3) is 1.00. The van der Waals surface area contributed by atoms with Gasteiger partial charge in [0.15, 0.2) is 0 Å². The molecule has 0 saturated carbocycles. The van der Waals surface area contributed by atoms with E-state index in [4.69, 9.17) is 0 Å². The first-order chi connectivity index (χ1) is 3.68. The molecule has 9 heavy (non-hydrogen) atoms. The van der Waals surface area contributed by atoms with E-state index in [9.17, 15) is 0 Å². The van der Waals surface area contributed by atoms with E-state index in [1.165, 1.54) is 19.3 Å². The van der Waals surface area contributed by atoms with Crippen molar-refractivity contribution in [3.8, 4) is 0 Å². The van der Waals surface area contributed by atoms with Crippen LogP contribution in [0, 0.1) is 0 Å². The predicted molar refractivity (Wildman–Crippen MR) is 55.6 cm³/mol. The van der Waals surface area contributed by atoms with Crippen LogP contribution in [0.3, 0.4) is 0 Å². The summed E-state index contributed by atoms with van der Waals surface area (Å²) in [6, 6.07) is 0. The molecule has 0 aromatic heterocycles. The van der Waals surface area contributed by atoms with Crippen LogP contribution < -0.4 is 0 Å². The molecule has 0 aromatic carbocycles. The van der Waals surface area contributed by atoms with Gasteiger partial charge < -0.3 is 2.85 Å². The zero-order valence-electron chi connectivity index (χ0n) is 8.71. The monoisotopic (exact) mass is 252 g/mol. The molecule has 0 N–H and O–H groups in total. The van der Waals surface area contributed by atoms with E-state index in [0.29, 0.717) is 3.42 Å². The first-order valence-corrected chi connectivity index (χ1v) is 4.45. The van der Waals surface area contributed by atoms with Crippen LogP contribution in [0.5, 0.6) is 0 Å². The second-order valence-electron chi connectivity index (χ2n) is 2.21. The zero-order valence-corrected chi connectivity index (χ0v) is 10.3. The minimum Gasteiger partial charge on any atom is -1.00 e. The molecule has 0 aromatic rings. The summed E-state index contributed by atoms with van der Waals surface area (Å²) < 4.78 is 0.595. The Kier molecular flexibility index (Phi) is 9.07. The van der Waals surface area contributed by atoms with Crippen LogP contribution in [-0.4, -0.2) is 26.5 Å². The molecule has 0 fully saturated rings. The Bertz CT molecular complexity index is 59.2. The van der Waals surface area contributed by atoms with Crippen LogP contribution in [0.4, 0.5) is 0 Å². The van der Waals surface area contributed by atoms with E-state index >= 15 is 0 Å². The molecule has 0 bridgehead atoms. The number of halogens is 1. The SMILES string of the molecule is CCC(I)(CC)CC.[H-].[H-].[Mg+2]. The van der Waals surface area contributed by atoms with Gasteiger partial charge in [-0.25, -0.2) is 0 Å².